The number of rotatable bonds is 6. The average molecular weight is 261 g/mol. The van der Waals surface area contributed by atoms with E-state index in [4.69, 9.17) is 0 Å². The summed E-state index contributed by atoms with van der Waals surface area (Å²) in [6.45, 7) is 5.66. The Morgan fingerprint density at radius 3 is 3.16 bits per heavy atom. The van der Waals surface area contributed by atoms with Crippen LogP contribution in [0.2, 0.25) is 0 Å². The first-order valence-corrected chi connectivity index (χ1v) is 7.10. The fourth-order valence-electron chi connectivity index (χ4n) is 2.38. The number of nitrogens with zero attached hydrogens (tertiary/aromatic N) is 1. The van der Waals surface area contributed by atoms with Crippen molar-refractivity contribution in [3.05, 3.63) is 29.6 Å². The summed E-state index contributed by atoms with van der Waals surface area (Å²) >= 11 is 0. The van der Waals surface area contributed by atoms with Gasteiger partial charge in [-0.25, -0.2) is 0 Å². The minimum Gasteiger partial charge on any atom is -0.356 e. The van der Waals surface area contributed by atoms with Crippen LogP contribution in [0.25, 0.3) is 0 Å². The van der Waals surface area contributed by atoms with Crippen LogP contribution in [-0.2, 0) is 11.2 Å². The molecule has 0 bridgehead atoms. The maximum absolute atomic E-state index is 11.6. The highest BCUT2D eigenvalue weighted by Gasteiger charge is 2.22. The van der Waals surface area contributed by atoms with E-state index < -0.39 is 0 Å². The number of carbonyl (C=O) groups is 1. The van der Waals surface area contributed by atoms with Crippen LogP contribution in [0.3, 0.4) is 0 Å². The Balaban J connectivity index is 1.71. The van der Waals surface area contributed by atoms with E-state index >= 15 is 0 Å². The number of aryl methyl sites for hydroxylation is 1. The van der Waals surface area contributed by atoms with E-state index in [1.54, 1.807) is 0 Å². The maximum Gasteiger partial charge on any atom is 0.221 e. The summed E-state index contributed by atoms with van der Waals surface area (Å²) in [4.78, 5) is 16.0. The van der Waals surface area contributed by atoms with E-state index in [1.165, 1.54) is 5.56 Å². The molecule has 1 unspecified atom stereocenters. The second kappa shape index (κ2) is 6.66. The summed E-state index contributed by atoms with van der Waals surface area (Å²) in [7, 11) is 0. The largest absolute Gasteiger partial charge is 0.356 e. The number of pyridine rings is 1. The molecular weight excluding hydrogens is 238 g/mol. The second-order valence-electron chi connectivity index (χ2n) is 5.54. The molecule has 0 aromatic carbocycles. The number of hydrogen-bond acceptors (Lipinski definition) is 3. The van der Waals surface area contributed by atoms with Crippen LogP contribution in [0.15, 0.2) is 18.3 Å². The van der Waals surface area contributed by atoms with Crippen molar-refractivity contribution >= 4 is 5.91 Å². The fourth-order valence-corrected chi connectivity index (χ4v) is 2.38. The predicted molar refractivity (Wildman–Crippen MR) is 75.8 cm³/mol. The third kappa shape index (κ3) is 4.03. The van der Waals surface area contributed by atoms with Gasteiger partial charge in [0.1, 0.15) is 0 Å². The topological polar surface area (TPSA) is 54.0 Å². The number of carbonyl (C=O) groups excluding carboxylic acids is 1. The lowest BCUT2D eigenvalue weighted by Gasteiger charge is -2.13. The van der Waals surface area contributed by atoms with Gasteiger partial charge in [-0.2, -0.15) is 0 Å². The van der Waals surface area contributed by atoms with Crippen molar-refractivity contribution in [1.29, 1.82) is 0 Å². The Morgan fingerprint density at radius 2 is 2.37 bits per heavy atom. The van der Waals surface area contributed by atoms with Gasteiger partial charge in [0, 0.05) is 25.7 Å². The molecule has 0 saturated heterocycles. The third-order valence-electron chi connectivity index (χ3n) is 3.41. The van der Waals surface area contributed by atoms with E-state index in [0.29, 0.717) is 24.9 Å². The molecule has 0 spiro atoms. The zero-order valence-corrected chi connectivity index (χ0v) is 11.8. The third-order valence-corrected chi connectivity index (χ3v) is 3.41. The minimum absolute atomic E-state index is 0.125. The highest BCUT2D eigenvalue weighted by molar-refractivity contribution is 5.76. The Kier molecular flexibility index (Phi) is 4.91. The van der Waals surface area contributed by atoms with Crippen LogP contribution in [-0.4, -0.2) is 24.0 Å². The van der Waals surface area contributed by atoms with Gasteiger partial charge in [0.25, 0.3) is 0 Å². The van der Waals surface area contributed by atoms with Gasteiger partial charge in [0.15, 0.2) is 0 Å². The van der Waals surface area contributed by atoms with Crippen molar-refractivity contribution in [2.75, 3.05) is 13.1 Å². The average Bonchev–Trinajstić information content (AvgIpc) is 2.80. The lowest BCUT2D eigenvalue weighted by atomic mass is 10.2. The molecule has 0 saturated carbocycles. The molecule has 1 aromatic rings. The molecule has 1 aliphatic rings. The van der Waals surface area contributed by atoms with Crippen molar-refractivity contribution in [2.24, 2.45) is 5.92 Å². The van der Waals surface area contributed by atoms with Gasteiger partial charge in [-0.15, -0.1) is 0 Å². The quantitative estimate of drug-likeness (QED) is 0.821. The van der Waals surface area contributed by atoms with Gasteiger partial charge in [-0.3, -0.25) is 9.78 Å². The van der Waals surface area contributed by atoms with Gasteiger partial charge in [0.05, 0.1) is 11.7 Å². The van der Waals surface area contributed by atoms with Crippen LogP contribution in [0.5, 0.6) is 0 Å². The molecule has 0 radical (unpaired) electrons. The zero-order valence-electron chi connectivity index (χ0n) is 11.8. The van der Waals surface area contributed by atoms with Gasteiger partial charge < -0.3 is 10.6 Å². The Labute approximate surface area is 115 Å². The van der Waals surface area contributed by atoms with Gasteiger partial charge in [0.2, 0.25) is 5.91 Å². The molecule has 1 aliphatic carbocycles. The van der Waals surface area contributed by atoms with E-state index in [1.807, 2.05) is 12.3 Å². The highest BCUT2D eigenvalue weighted by Crippen LogP contribution is 2.28. The summed E-state index contributed by atoms with van der Waals surface area (Å²) in [5, 5.41) is 6.37. The maximum atomic E-state index is 11.6. The SMILES string of the molecule is CC(C)CNC(=O)CCNC1CCc2cccnc21. The van der Waals surface area contributed by atoms with Crippen LogP contribution in [0.1, 0.15) is 44.0 Å². The first-order valence-electron chi connectivity index (χ1n) is 7.10. The molecule has 2 rings (SSSR count). The molecule has 1 heterocycles. The summed E-state index contributed by atoms with van der Waals surface area (Å²) in [6.07, 6.45) is 4.54. The smallest absolute Gasteiger partial charge is 0.221 e. The highest BCUT2D eigenvalue weighted by atomic mass is 16.1. The number of amides is 1. The Bertz CT molecular complexity index is 431. The Morgan fingerprint density at radius 1 is 1.53 bits per heavy atom. The summed E-state index contributed by atoms with van der Waals surface area (Å²) in [5.74, 6) is 0.628. The van der Waals surface area contributed by atoms with Gasteiger partial charge >= 0.3 is 0 Å². The standard InChI is InChI=1S/C15H23N3O/c1-11(2)10-18-14(19)7-9-16-13-6-5-12-4-3-8-17-15(12)13/h3-4,8,11,13,16H,5-7,9-10H2,1-2H3,(H,18,19). The van der Waals surface area contributed by atoms with E-state index in [0.717, 1.165) is 25.1 Å². The summed E-state index contributed by atoms with van der Waals surface area (Å²) in [6, 6.07) is 4.44. The molecule has 1 aromatic heterocycles. The van der Waals surface area contributed by atoms with Crippen molar-refractivity contribution in [2.45, 2.75) is 39.2 Å². The molecule has 4 nitrogen and oxygen atoms in total. The van der Waals surface area contributed by atoms with Crippen LogP contribution in [0, 0.1) is 5.92 Å². The molecule has 0 fully saturated rings. The molecule has 1 amide bonds. The van der Waals surface area contributed by atoms with E-state index in [9.17, 15) is 4.79 Å². The first-order chi connectivity index (χ1) is 9.16. The second-order valence-corrected chi connectivity index (χ2v) is 5.54. The molecule has 1 atom stereocenters. The number of aromatic nitrogens is 1. The minimum atomic E-state index is 0.125. The van der Waals surface area contributed by atoms with E-state index in [-0.39, 0.29) is 5.91 Å². The van der Waals surface area contributed by atoms with Crippen molar-refractivity contribution in [3.8, 4) is 0 Å². The van der Waals surface area contributed by atoms with Gasteiger partial charge in [-0.1, -0.05) is 19.9 Å². The lowest BCUT2D eigenvalue weighted by Crippen LogP contribution is -2.31. The van der Waals surface area contributed by atoms with E-state index in [2.05, 4.69) is 35.5 Å². The summed E-state index contributed by atoms with van der Waals surface area (Å²) in [5.41, 5.74) is 2.49. The predicted octanol–water partition coefficient (Wildman–Crippen LogP) is 1.82. The molecule has 19 heavy (non-hydrogen) atoms. The number of fused-ring (bicyclic) bond motifs is 1. The fraction of sp³-hybridized carbons (Fsp3) is 0.600. The van der Waals surface area contributed by atoms with Crippen LogP contribution < -0.4 is 10.6 Å². The van der Waals surface area contributed by atoms with Crippen LogP contribution in [0.4, 0.5) is 0 Å². The molecule has 4 heteroatoms. The lowest BCUT2D eigenvalue weighted by molar-refractivity contribution is -0.121. The Hall–Kier alpha value is -1.42. The van der Waals surface area contributed by atoms with Gasteiger partial charge in [-0.05, 0) is 30.4 Å². The monoisotopic (exact) mass is 261 g/mol. The molecule has 104 valence electrons. The van der Waals surface area contributed by atoms with Crippen LogP contribution >= 0.6 is 0 Å². The number of nitrogens with one attached hydrogen (secondary N) is 2. The first kappa shape index (κ1) is 14.0. The molecular formula is C15H23N3O. The normalized spacial score (nSPS) is 17.5. The van der Waals surface area contributed by atoms with Crippen molar-refractivity contribution in [1.82, 2.24) is 15.6 Å². The zero-order chi connectivity index (χ0) is 13.7. The summed E-state index contributed by atoms with van der Waals surface area (Å²) < 4.78 is 0. The molecule has 0 aliphatic heterocycles. The number of hydrogen-bond donors (Lipinski definition) is 2. The molecule has 2 N–H and O–H groups in total. The van der Waals surface area contributed by atoms with Crippen molar-refractivity contribution in [3.63, 3.8) is 0 Å². The van der Waals surface area contributed by atoms with Crippen molar-refractivity contribution < 1.29 is 4.79 Å².